The van der Waals surface area contributed by atoms with Gasteiger partial charge < -0.3 is 11.1 Å². The third-order valence-electron chi connectivity index (χ3n) is 2.48. The summed E-state index contributed by atoms with van der Waals surface area (Å²) in [4.78, 5) is 16.1. The van der Waals surface area contributed by atoms with Gasteiger partial charge in [0.2, 0.25) is 5.91 Å². The van der Waals surface area contributed by atoms with Gasteiger partial charge in [0.1, 0.15) is 6.33 Å². The largest absolute Gasteiger partial charge is 0.399 e. The number of amides is 1. The van der Waals surface area contributed by atoms with E-state index in [9.17, 15) is 4.79 Å². The summed E-state index contributed by atoms with van der Waals surface area (Å²) in [6, 6.07) is 7.09. The minimum Gasteiger partial charge on any atom is -0.399 e. The Balaban J connectivity index is 1.98. The molecule has 0 fully saturated rings. The second-order valence-electron chi connectivity index (χ2n) is 4.04. The zero-order valence-electron chi connectivity index (χ0n) is 10.7. The van der Waals surface area contributed by atoms with Crippen molar-refractivity contribution in [2.45, 2.75) is 17.3 Å². The molecule has 0 aliphatic heterocycles. The molecule has 3 N–H and O–H groups in total. The van der Waals surface area contributed by atoms with E-state index >= 15 is 0 Å². The maximum absolute atomic E-state index is 12.0. The molecule has 2 rings (SSSR count). The Morgan fingerprint density at radius 1 is 1.53 bits per heavy atom. The average molecular weight is 277 g/mol. The summed E-state index contributed by atoms with van der Waals surface area (Å²) in [6.45, 7) is 1.82. The minimum absolute atomic E-state index is 0.0985. The first kappa shape index (κ1) is 13.4. The zero-order chi connectivity index (χ0) is 13.8. The summed E-state index contributed by atoms with van der Waals surface area (Å²) in [6.07, 6.45) is 1.46. The predicted molar refractivity (Wildman–Crippen MR) is 75.8 cm³/mol. The average Bonchev–Trinajstić information content (AvgIpc) is 2.75. The van der Waals surface area contributed by atoms with Crippen molar-refractivity contribution in [3.8, 4) is 0 Å². The number of nitrogens with two attached hydrogens (primary N) is 1. The van der Waals surface area contributed by atoms with E-state index in [1.165, 1.54) is 18.1 Å². The third-order valence-corrected chi connectivity index (χ3v) is 3.62. The number of aromatic nitrogens is 3. The molecular formula is C12H15N5OS. The quantitative estimate of drug-likeness (QED) is 0.653. The van der Waals surface area contributed by atoms with E-state index < -0.39 is 0 Å². The summed E-state index contributed by atoms with van der Waals surface area (Å²) in [5, 5.41) is 7.21. The van der Waals surface area contributed by atoms with Crippen LogP contribution < -0.4 is 11.1 Å². The Morgan fingerprint density at radius 3 is 2.95 bits per heavy atom. The third kappa shape index (κ3) is 3.47. The predicted octanol–water partition coefficient (Wildman–Crippen LogP) is 1.52. The lowest BCUT2D eigenvalue weighted by Gasteiger charge is -2.11. The van der Waals surface area contributed by atoms with Gasteiger partial charge in [-0.15, -0.1) is 0 Å². The molecule has 0 saturated heterocycles. The number of nitrogens with zero attached hydrogens (tertiary/aromatic N) is 3. The van der Waals surface area contributed by atoms with Crippen molar-refractivity contribution >= 4 is 29.0 Å². The van der Waals surface area contributed by atoms with E-state index in [1.807, 2.05) is 6.92 Å². The van der Waals surface area contributed by atoms with Gasteiger partial charge in [0, 0.05) is 18.4 Å². The van der Waals surface area contributed by atoms with Crippen molar-refractivity contribution in [2.75, 3.05) is 11.1 Å². The van der Waals surface area contributed by atoms with Crippen LogP contribution in [-0.4, -0.2) is 25.9 Å². The first-order chi connectivity index (χ1) is 9.06. The summed E-state index contributed by atoms with van der Waals surface area (Å²) < 4.78 is 1.63. The van der Waals surface area contributed by atoms with Crippen LogP contribution in [0.15, 0.2) is 35.7 Å². The molecular weight excluding hydrogens is 262 g/mol. The van der Waals surface area contributed by atoms with Crippen molar-refractivity contribution in [3.63, 3.8) is 0 Å². The Kier molecular flexibility index (Phi) is 4.06. The fraction of sp³-hybridized carbons (Fsp3) is 0.250. The van der Waals surface area contributed by atoms with Crippen LogP contribution in [0.5, 0.6) is 0 Å². The number of hydrogen-bond acceptors (Lipinski definition) is 5. The lowest BCUT2D eigenvalue weighted by atomic mass is 10.3. The van der Waals surface area contributed by atoms with E-state index in [0.717, 1.165) is 0 Å². The summed E-state index contributed by atoms with van der Waals surface area (Å²) in [7, 11) is 1.79. The molecule has 19 heavy (non-hydrogen) atoms. The molecule has 1 atom stereocenters. The fourth-order valence-electron chi connectivity index (χ4n) is 1.46. The van der Waals surface area contributed by atoms with Crippen molar-refractivity contribution in [2.24, 2.45) is 7.05 Å². The number of thioether (sulfide) groups is 1. The maximum Gasteiger partial charge on any atom is 0.237 e. The van der Waals surface area contributed by atoms with Gasteiger partial charge in [-0.1, -0.05) is 17.8 Å². The van der Waals surface area contributed by atoms with Gasteiger partial charge >= 0.3 is 0 Å². The van der Waals surface area contributed by atoms with Crippen LogP contribution in [0.1, 0.15) is 6.92 Å². The van der Waals surface area contributed by atoms with Crippen molar-refractivity contribution in [1.29, 1.82) is 0 Å². The molecule has 6 nitrogen and oxygen atoms in total. The fourth-order valence-corrected chi connectivity index (χ4v) is 2.25. The Bertz CT molecular complexity index is 583. The molecule has 2 aromatic rings. The normalized spacial score (nSPS) is 12.1. The number of benzene rings is 1. The number of hydrogen-bond donors (Lipinski definition) is 2. The van der Waals surface area contributed by atoms with Crippen LogP contribution in [0.3, 0.4) is 0 Å². The molecule has 1 unspecified atom stereocenters. The highest BCUT2D eigenvalue weighted by molar-refractivity contribution is 8.00. The van der Waals surface area contributed by atoms with Gasteiger partial charge in [-0.25, -0.2) is 9.67 Å². The maximum atomic E-state index is 12.0. The van der Waals surface area contributed by atoms with Crippen LogP contribution >= 0.6 is 11.8 Å². The van der Waals surface area contributed by atoms with Gasteiger partial charge in [0.05, 0.1) is 5.25 Å². The zero-order valence-corrected chi connectivity index (χ0v) is 11.5. The molecule has 0 bridgehead atoms. The van der Waals surface area contributed by atoms with Crippen LogP contribution in [-0.2, 0) is 11.8 Å². The van der Waals surface area contributed by atoms with E-state index in [4.69, 9.17) is 5.73 Å². The molecule has 1 amide bonds. The number of carbonyl (C=O) groups excluding carboxylic acids is 1. The number of carbonyl (C=O) groups is 1. The van der Waals surface area contributed by atoms with E-state index in [0.29, 0.717) is 16.5 Å². The molecule has 0 radical (unpaired) electrons. The first-order valence-corrected chi connectivity index (χ1v) is 6.61. The number of nitrogens with one attached hydrogen (secondary N) is 1. The van der Waals surface area contributed by atoms with Gasteiger partial charge in [0.25, 0.3) is 0 Å². The minimum atomic E-state index is -0.274. The van der Waals surface area contributed by atoms with Gasteiger partial charge in [-0.3, -0.25) is 4.79 Å². The highest BCUT2D eigenvalue weighted by Crippen LogP contribution is 2.21. The summed E-state index contributed by atoms with van der Waals surface area (Å²) >= 11 is 1.35. The van der Waals surface area contributed by atoms with Crippen molar-refractivity contribution in [1.82, 2.24) is 14.8 Å². The Hall–Kier alpha value is -2.02. The van der Waals surface area contributed by atoms with Gasteiger partial charge in [-0.05, 0) is 25.1 Å². The van der Waals surface area contributed by atoms with Crippen LogP contribution in [0, 0.1) is 0 Å². The second kappa shape index (κ2) is 5.75. The van der Waals surface area contributed by atoms with Gasteiger partial charge in [0.15, 0.2) is 5.16 Å². The molecule has 0 aliphatic carbocycles. The van der Waals surface area contributed by atoms with E-state index in [-0.39, 0.29) is 11.2 Å². The molecule has 0 saturated carbocycles. The number of rotatable bonds is 4. The number of nitrogen functional groups attached to an aromatic ring is 1. The lowest BCUT2D eigenvalue weighted by Crippen LogP contribution is -2.22. The summed E-state index contributed by atoms with van der Waals surface area (Å²) in [5.74, 6) is -0.0985. The SMILES string of the molecule is CC(Sc1ncnn1C)C(=O)Nc1cccc(N)c1. The Labute approximate surface area is 115 Å². The number of aryl methyl sites for hydroxylation is 1. The number of anilines is 2. The second-order valence-corrected chi connectivity index (χ2v) is 5.35. The summed E-state index contributed by atoms with van der Waals surface area (Å²) in [5.41, 5.74) is 6.97. The van der Waals surface area contributed by atoms with Crippen LogP contribution in [0.4, 0.5) is 11.4 Å². The van der Waals surface area contributed by atoms with Crippen LogP contribution in [0.25, 0.3) is 0 Å². The lowest BCUT2D eigenvalue weighted by molar-refractivity contribution is -0.115. The standard InChI is InChI=1S/C12H15N5OS/c1-8(19-12-14-7-15-17(12)2)11(18)16-10-5-3-4-9(13)6-10/h3-8H,13H2,1-2H3,(H,16,18). The molecule has 1 aromatic heterocycles. The highest BCUT2D eigenvalue weighted by atomic mass is 32.2. The molecule has 100 valence electrons. The van der Waals surface area contributed by atoms with Crippen LogP contribution in [0.2, 0.25) is 0 Å². The monoisotopic (exact) mass is 277 g/mol. The molecule has 1 aromatic carbocycles. The van der Waals surface area contributed by atoms with Gasteiger partial charge in [-0.2, -0.15) is 5.10 Å². The topological polar surface area (TPSA) is 85.8 Å². The first-order valence-electron chi connectivity index (χ1n) is 5.73. The highest BCUT2D eigenvalue weighted by Gasteiger charge is 2.17. The molecule has 0 spiro atoms. The molecule has 7 heteroatoms. The smallest absolute Gasteiger partial charge is 0.237 e. The van der Waals surface area contributed by atoms with E-state index in [1.54, 1.807) is 36.0 Å². The Morgan fingerprint density at radius 2 is 2.32 bits per heavy atom. The molecule has 1 heterocycles. The van der Waals surface area contributed by atoms with Crippen molar-refractivity contribution in [3.05, 3.63) is 30.6 Å². The molecule has 0 aliphatic rings. The van der Waals surface area contributed by atoms with Crippen molar-refractivity contribution < 1.29 is 4.79 Å². The van der Waals surface area contributed by atoms with E-state index in [2.05, 4.69) is 15.4 Å².